The zero-order valence-electron chi connectivity index (χ0n) is 10.3. The molecule has 1 unspecified atom stereocenters. The van der Waals surface area contributed by atoms with Crippen molar-refractivity contribution in [3.8, 4) is 11.3 Å². The molecule has 0 spiro atoms. The lowest BCUT2D eigenvalue weighted by molar-refractivity contribution is 0.134. The molecule has 2 heterocycles. The van der Waals surface area contributed by atoms with Gasteiger partial charge in [-0.15, -0.1) is 0 Å². The molecule has 1 aromatic carbocycles. The van der Waals surface area contributed by atoms with Gasteiger partial charge in [-0.25, -0.2) is 9.78 Å². The van der Waals surface area contributed by atoms with Crippen molar-refractivity contribution in [1.29, 1.82) is 0 Å². The van der Waals surface area contributed by atoms with Crippen LogP contribution in [0.1, 0.15) is 24.8 Å². The molecule has 1 aliphatic heterocycles. The third-order valence-electron chi connectivity index (χ3n) is 3.37. The van der Waals surface area contributed by atoms with Crippen LogP contribution in [0, 0.1) is 0 Å². The van der Waals surface area contributed by atoms with Crippen LogP contribution in [0.2, 0.25) is 0 Å². The summed E-state index contributed by atoms with van der Waals surface area (Å²) in [5, 5.41) is 9.13. The number of carbonyl (C=O) groups is 1. The van der Waals surface area contributed by atoms with Crippen molar-refractivity contribution >= 4 is 6.09 Å². The predicted octanol–water partition coefficient (Wildman–Crippen LogP) is 3.16. The number of amides is 1. The monoisotopic (exact) mass is 258 g/mol. The van der Waals surface area contributed by atoms with Gasteiger partial charge >= 0.3 is 6.09 Å². The second kappa shape index (κ2) is 4.76. The summed E-state index contributed by atoms with van der Waals surface area (Å²) in [4.78, 5) is 16.7. The molecule has 0 aliphatic carbocycles. The molecule has 5 heteroatoms. The third kappa shape index (κ3) is 2.19. The van der Waals surface area contributed by atoms with Gasteiger partial charge in [0.15, 0.2) is 5.76 Å². The zero-order chi connectivity index (χ0) is 13.2. The van der Waals surface area contributed by atoms with Crippen LogP contribution in [0.3, 0.4) is 0 Å². The number of oxazole rings is 1. The van der Waals surface area contributed by atoms with Crippen LogP contribution in [0.25, 0.3) is 11.3 Å². The van der Waals surface area contributed by atoms with Crippen LogP contribution in [-0.4, -0.2) is 27.6 Å². The lowest BCUT2D eigenvalue weighted by atomic mass is 10.2. The Hall–Kier alpha value is -2.30. The van der Waals surface area contributed by atoms with Gasteiger partial charge in [-0.3, -0.25) is 4.90 Å². The van der Waals surface area contributed by atoms with Crippen molar-refractivity contribution in [1.82, 2.24) is 9.88 Å². The summed E-state index contributed by atoms with van der Waals surface area (Å²) in [5.74, 6) is 1.16. The van der Waals surface area contributed by atoms with Gasteiger partial charge in [0.05, 0.1) is 6.20 Å². The van der Waals surface area contributed by atoms with E-state index in [1.807, 2.05) is 30.3 Å². The van der Waals surface area contributed by atoms with Gasteiger partial charge in [0, 0.05) is 12.1 Å². The quantitative estimate of drug-likeness (QED) is 0.898. The number of carboxylic acid groups (broad SMARTS) is 1. The van der Waals surface area contributed by atoms with Gasteiger partial charge in [0.25, 0.3) is 0 Å². The van der Waals surface area contributed by atoms with Crippen molar-refractivity contribution in [2.45, 2.75) is 18.9 Å². The topological polar surface area (TPSA) is 66.6 Å². The Kier molecular flexibility index (Phi) is 2.95. The summed E-state index contributed by atoms with van der Waals surface area (Å²) < 4.78 is 5.72. The van der Waals surface area contributed by atoms with E-state index in [0.29, 0.717) is 18.2 Å². The van der Waals surface area contributed by atoms with Crippen LogP contribution in [-0.2, 0) is 0 Å². The standard InChI is InChI=1S/C14H14N2O3/c17-14(18)16-8-4-7-11(16)13-15-9-12(19-13)10-5-2-1-3-6-10/h1-3,5-6,9,11H,4,7-8H2,(H,17,18). The van der Waals surface area contributed by atoms with Gasteiger partial charge in [-0.2, -0.15) is 0 Å². The molecule has 1 atom stereocenters. The van der Waals surface area contributed by atoms with E-state index in [-0.39, 0.29) is 6.04 Å². The van der Waals surface area contributed by atoms with Gasteiger partial charge < -0.3 is 9.52 Å². The SMILES string of the molecule is O=C(O)N1CCCC1c1ncc(-c2ccccc2)o1. The van der Waals surface area contributed by atoms with Crippen molar-refractivity contribution in [2.24, 2.45) is 0 Å². The molecule has 0 bridgehead atoms. The first-order chi connectivity index (χ1) is 9.25. The number of hydrogen-bond donors (Lipinski definition) is 1. The van der Waals surface area contributed by atoms with Gasteiger partial charge in [-0.1, -0.05) is 30.3 Å². The van der Waals surface area contributed by atoms with Crippen LogP contribution >= 0.6 is 0 Å². The molecule has 1 saturated heterocycles. The fourth-order valence-electron chi connectivity index (χ4n) is 2.43. The molecule has 1 aliphatic rings. The molecule has 1 aromatic heterocycles. The van der Waals surface area contributed by atoms with Crippen molar-refractivity contribution < 1.29 is 14.3 Å². The van der Waals surface area contributed by atoms with Crippen LogP contribution in [0.15, 0.2) is 40.9 Å². The maximum atomic E-state index is 11.1. The minimum atomic E-state index is -0.915. The Morgan fingerprint density at radius 2 is 2.16 bits per heavy atom. The summed E-state index contributed by atoms with van der Waals surface area (Å²) in [6.07, 6.45) is 2.35. The van der Waals surface area contributed by atoms with Gasteiger partial charge in [0.2, 0.25) is 5.89 Å². The molecule has 1 N–H and O–H groups in total. The minimum Gasteiger partial charge on any atom is -0.465 e. The first-order valence-corrected chi connectivity index (χ1v) is 6.26. The number of likely N-dealkylation sites (tertiary alicyclic amines) is 1. The molecule has 3 rings (SSSR count). The highest BCUT2D eigenvalue weighted by molar-refractivity contribution is 5.66. The fraction of sp³-hybridized carbons (Fsp3) is 0.286. The maximum absolute atomic E-state index is 11.1. The average Bonchev–Trinajstić information content (AvgIpc) is 3.08. The van der Waals surface area contributed by atoms with Gasteiger partial charge in [0.1, 0.15) is 6.04 Å². The first kappa shape index (κ1) is 11.8. The van der Waals surface area contributed by atoms with Crippen LogP contribution < -0.4 is 0 Å². The summed E-state index contributed by atoms with van der Waals surface area (Å²) >= 11 is 0. The minimum absolute atomic E-state index is 0.255. The lowest BCUT2D eigenvalue weighted by Gasteiger charge is -2.18. The zero-order valence-corrected chi connectivity index (χ0v) is 10.3. The molecule has 0 radical (unpaired) electrons. The number of benzene rings is 1. The fourth-order valence-corrected chi connectivity index (χ4v) is 2.43. The molecule has 5 nitrogen and oxygen atoms in total. The molecule has 2 aromatic rings. The van der Waals surface area contributed by atoms with Crippen molar-refractivity contribution in [3.63, 3.8) is 0 Å². The Morgan fingerprint density at radius 3 is 2.89 bits per heavy atom. The molecular formula is C14H14N2O3. The van der Waals surface area contributed by atoms with Crippen molar-refractivity contribution in [3.05, 3.63) is 42.4 Å². The second-order valence-electron chi connectivity index (χ2n) is 4.56. The van der Waals surface area contributed by atoms with E-state index in [4.69, 9.17) is 9.52 Å². The molecule has 19 heavy (non-hydrogen) atoms. The molecule has 0 saturated carbocycles. The lowest BCUT2D eigenvalue weighted by Crippen LogP contribution is -2.28. The van der Waals surface area contributed by atoms with E-state index in [0.717, 1.165) is 18.4 Å². The van der Waals surface area contributed by atoms with E-state index >= 15 is 0 Å². The smallest absolute Gasteiger partial charge is 0.407 e. The predicted molar refractivity (Wildman–Crippen MR) is 68.6 cm³/mol. The highest BCUT2D eigenvalue weighted by Crippen LogP contribution is 2.33. The maximum Gasteiger partial charge on any atom is 0.407 e. The molecular weight excluding hydrogens is 244 g/mol. The summed E-state index contributed by atoms with van der Waals surface area (Å²) in [6.45, 7) is 0.545. The molecule has 1 fully saturated rings. The Balaban J connectivity index is 1.87. The first-order valence-electron chi connectivity index (χ1n) is 6.26. The Labute approximate surface area is 110 Å². The third-order valence-corrected chi connectivity index (χ3v) is 3.37. The summed E-state index contributed by atoms with van der Waals surface area (Å²) in [7, 11) is 0. The number of hydrogen-bond acceptors (Lipinski definition) is 3. The number of rotatable bonds is 2. The largest absolute Gasteiger partial charge is 0.465 e. The van der Waals surface area contributed by atoms with Crippen LogP contribution in [0.4, 0.5) is 4.79 Å². The summed E-state index contributed by atoms with van der Waals surface area (Å²) in [5.41, 5.74) is 0.945. The van der Waals surface area contributed by atoms with Crippen LogP contribution in [0.5, 0.6) is 0 Å². The molecule has 98 valence electrons. The normalized spacial score (nSPS) is 18.7. The molecule has 1 amide bonds. The van der Waals surface area contributed by atoms with E-state index in [1.165, 1.54) is 4.90 Å². The number of nitrogens with zero attached hydrogens (tertiary/aromatic N) is 2. The van der Waals surface area contributed by atoms with E-state index in [1.54, 1.807) is 6.20 Å². The second-order valence-corrected chi connectivity index (χ2v) is 4.56. The summed E-state index contributed by atoms with van der Waals surface area (Å²) in [6, 6.07) is 9.41. The highest BCUT2D eigenvalue weighted by Gasteiger charge is 2.33. The highest BCUT2D eigenvalue weighted by atomic mass is 16.4. The number of aromatic nitrogens is 1. The van der Waals surface area contributed by atoms with E-state index in [9.17, 15) is 4.79 Å². The van der Waals surface area contributed by atoms with E-state index in [2.05, 4.69) is 4.98 Å². The van der Waals surface area contributed by atoms with E-state index < -0.39 is 6.09 Å². The van der Waals surface area contributed by atoms with Gasteiger partial charge in [-0.05, 0) is 12.8 Å². The Morgan fingerprint density at radius 1 is 1.37 bits per heavy atom. The average molecular weight is 258 g/mol. The Bertz CT molecular complexity index is 579. The van der Waals surface area contributed by atoms with Crippen molar-refractivity contribution in [2.75, 3.05) is 6.54 Å².